The number of nitrogens with one attached hydrogen (secondary N) is 1. The van der Waals surface area contributed by atoms with E-state index in [0.717, 1.165) is 12.0 Å². The lowest BCUT2D eigenvalue weighted by Crippen LogP contribution is -2.51. The standard InChI is InChI=1S/C19H22ClN3O3/c20-16-4-1-3-15(13-16)6-7-21-18(24)14-22-8-10-23(11-9-22)19(25)17-5-2-12-26-17/h1-5,12-13H,6-11,14H2,(H,21,24). The minimum atomic E-state index is -0.0966. The topological polar surface area (TPSA) is 65.8 Å². The lowest BCUT2D eigenvalue weighted by atomic mass is 10.1. The van der Waals surface area contributed by atoms with E-state index in [1.165, 1.54) is 6.26 Å². The molecule has 0 spiro atoms. The van der Waals surface area contributed by atoms with E-state index < -0.39 is 0 Å². The zero-order valence-corrected chi connectivity index (χ0v) is 15.2. The molecule has 1 aromatic heterocycles. The largest absolute Gasteiger partial charge is 0.459 e. The summed E-state index contributed by atoms with van der Waals surface area (Å²) in [7, 11) is 0. The number of hydrogen-bond donors (Lipinski definition) is 1. The van der Waals surface area contributed by atoms with E-state index >= 15 is 0 Å². The molecule has 1 aliphatic rings. The van der Waals surface area contributed by atoms with Crippen LogP contribution in [0.2, 0.25) is 5.02 Å². The number of furan rings is 1. The third-order valence-electron chi connectivity index (χ3n) is 4.38. The first-order valence-electron chi connectivity index (χ1n) is 8.68. The van der Waals surface area contributed by atoms with Crippen molar-refractivity contribution >= 4 is 23.4 Å². The van der Waals surface area contributed by atoms with Crippen molar-refractivity contribution in [1.82, 2.24) is 15.1 Å². The SMILES string of the molecule is O=C(CN1CCN(C(=O)c2ccco2)CC1)NCCc1cccc(Cl)c1. The average Bonchev–Trinajstić information content (AvgIpc) is 3.16. The number of amides is 2. The summed E-state index contributed by atoms with van der Waals surface area (Å²) in [6.07, 6.45) is 2.24. The minimum Gasteiger partial charge on any atom is -0.459 e. The van der Waals surface area contributed by atoms with Gasteiger partial charge < -0.3 is 14.6 Å². The number of halogens is 1. The fourth-order valence-electron chi connectivity index (χ4n) is 2.96. The molecule has 2 amide bonds. The number of carbonyl (C=O) groups excluding carboxylic acids is 2. The molecule has 0 radical (unpaired) electrons. The van der Waals surface area contributed by atoms with E-state index in [9.17, 15) is 9.59 Å². The van der Waals surface area contributed by atoms with E-state index in [2.05, 4.69) is 10.2 Å². The Morgan fingerprint density at radius 2 is 1.92 bits per heavy atom. The molecule has 138 valence electrons. The summed E-state index contributed by atoms with van der Waals surface area (Å²) in [6.45, 7) is 3.46. The number of carbonyl (C=O) groups is 2. The van der Waals surface area contributed by atoms with Crippen LogP contribution in [0.3, 0.4) is 0 Å². The maximum Gasteiger partial charge on any atom is 0.289 e. The first-order chi connectivity index (χ1) is 12.6. The van der Waals surface area contributed by atoms with Gasteiger partial charge >= 0.3 is 0 Å². The third kappa shape index (κ3) is 5.09. The molecule has 3 rings (SSSR count). The predicted molar refractivity (Wildman–Crippen MR) is 99.2 cm³/mol. The van der Waals surface area contributed by atoms with Gasteiger partial charge in [0, 0.05) is 37.7 Å². The molecule has 0 saturated carbocycles. The van der Waals surface area contributed by atoms with Crippen LogP contribution < -0.4 is 5.32 Å². The molecule has 6 nitrogen and oxygen atoms in total. The summed E-state index contributed by atoms with van der Waals surface area (Å²) in [4.78, 5) is 28.1. The highest BCUT2D eigenvalue weighted by atomic mass is 35.5. The normalized spacial score (nSPS) is 15.0. The van der Waals surface area contributed by atoms with Crippen LogP contribution in [0.4, 0.5) is 0 Å². The second-order valence-electron chi connectivity index (χ2n) is 6.28. The van der Waals surface area contributed by atoms with Crippen LogP contribution in [0, 0.1) is 0 Å². The van der Waals surface area contributed by atoms with Crippen molar-refractivity contribution < 1.29 is 14.0 Å². The summed E-state index contributed by atoms with van der Waals surface area (Å²) in [5.41, 5.74) is 1.10. The molecule has 0 aliphatic carbocycles. The molecule has 7 heteroatoms. The Bertz CT molecular complexity index is 740. The van der Waals surface area contributed by atoms with Crippen molar-refractivity contribution in [3.05, 3.63) is 59.0 Å². The number of rotatable bonds is 6. The van der Waals surface area contributed by atoms with Crippen LogP contribution in [-0.2, 0) is 11.2 Å². The maximum atomic E-state index is 12.2. The monoisotopic (exact) mass is 375 g/mol. The highest BCUT2D eigenvalue weighted by Crippen LogP contribution is 2.11. The summed E-state index contributed by atoms with van der Waals surface area (Å²) in [5.74, 6) is 0.260. The fraction of sp³-hybridized carbons (Fsp3) is 0.368. The summed E-state index contributed by atoms with van der Waals surface area (Å²) in [5, 5.41) is 3.64. The Balaban J connectivity index is 1.36. The zero-order valence-electron chi connectivity index (χ0n) is 14.5. The molecule has 26 heavy (non-hydrogen) atoms. The quantitative estimate of drug-likeness (QED) is 0.839. The Hall–Kier alpha value is -2.31. The number of benzene rings is 1. The number of piperazine rings is 1. The first-order valence-corrected chi connectivity index (χ1v) is 9.06. The average molecular weight is 376 g/mol. The van der Waals surface area contributed by atoms with Gasteiger partial charge in [0.2, 0.25) is 5.91 Å². The van der Waals surface area contributed by atoms with Crippen LogP contribution >= 0.6 is 11.6 Å². The molecule has 0 unspecified atom stereocenters. The third-order valence-corrected chi connectivity index (χ3v) is 4.62. The van der Waals surface area contributed by atoms with E-state index in [0.29, 0.717) is 50.1 Å². The van der Waals surface area contributed by atoms with Crippen LogP contribution in [-0.4, -0.2) is 60.9 Å². The van der Waals surface area contributed by atoms with Gasteiger partial charge in [0.1, 0.15) is 0 Å². The molecule has 0 atom stereocenters. The smallest absolute Gasteiger partial charge is 0.289 e. The first kappa shape index (κ1) is 18.5. The van der Waals surface area contributed by atoms with E-state index in [-0.39, 0.29) is 11.8 Å². The van der Waals surface area contributed by atoms with Gasteiger partial charge in [0.15, 0.2) is 5.76 Å². The highest BCUT2D eigenvalue weighted by Gasteiger charge is 2.24. The lowest BCUT2D eigenvalue weighted by molar-refractivity contribution is -0.122. The van der Waals surface area contributed by atoms with Crippen molar-refractivity contribution in [2.45, 2.75) is 6.42 Å². The van der Waals surface area contributed by atoms with Crippen LogP contribution in [0.25, 0.3) is 0 Å². The van der Waals surface area contributed by atoms with Gasteiger partial charge in [-0.05, 0) is 36.2 Å². The predicted octanol–water partition coefficient (Wildman–Crippen LogP) is 2.05. The molecule has 1 N–H and O–H groups in total. The second kappa shape index (κ2) is 8.87. The molecule has 0 bridgehead atoms. The van der Waals surface area contributed by atoms with E-state index in [4.69, 9.17) is 16.0 Å². The van der Waals surface area contributed by atoms with Crippen molar-refractivity contribution in [3.8, 4) is 0 Å². The van der Waals surface area contributed by atoms with Crippen LogP contribution in [0.1, 0.15) is 16.1 Å². The van der Waals surface area contributed by atoms with Crippen LogP contribution in [0.5, 0.6) is 0 Å². The van der Waals surface area contributed by atoms with Crippen molar-refractivity contribution in [2.75, 3.05) is 39.3 Å². The van der Waals surface area contributed by atoms with E-state index in [1.807, 2.05) is 24.3 Å². The van der Waals surface area contributed by atoms with Crippen molar-refractivity contribution in [1.29, 1.82) is 0 Å². The highest BCUT2D eigenvalue weighted by molar-refractivity contribution is 6.30. The van der Waals surface area contributed by atoms with E-state index in [1.54, 1.807) is 17.0 Å². The number of hydrogen-bond acceptors (Lipinski definition) is 4. The van der Waals surface area contributed by atoms with Gasteiger partial charge in [-0.3, -0.25) is 14.5 Å². The molecule has 2 aromatic rings. The lowest BCUT2D eigenvalue weighted by Gasteiger charge is -2.33. The van der Waals surface area contributed by atoms with Gasteiger partial charge in [-0.1, -0.05) is 23.7 Å². The molecule has 1 aromatic carbocycles. The number of nitrogens with zero attached hydrogens (tertiary/aromatic N) is 2. The fourth-order valence-corrected chi connectivity index (χ4v) is 3.18. The van der Waals surface area contributed by atoms with Gasteiger partial charge in [-0.15, -0.1) is 0 Å². The Kier molecular flexibility index (Phi) is 6.30. The van der Waals surface area contributed by atoms with Gasteiger partial charge in [0.05, 0.1) is 12.8 Å². The molecule has 1 aliphatic heterocycles. The Morgan fingerprint density at radius 3 is 2.62 bits per heavy atom. The Labute approximate surface area is 157 Å². The molecular weight excluding hydrogens is 354 g/mol. The minimum absolute atomic E-state index is 0.00200. The molecular formula is C19H22ClN3O3. The molecule has 2 heterocycles. The van der Waals surface area contributed by atoms with Crippen LogP contribution in [0.15, 0.2) is 47.1 Å². The summed E-state index contributed by atoms with van der Waals surface area (Å²) < 4.78 is 5.15. The second-order valence-corrected chi connectivity index (χ2v) is 6.71. The molecule has 1 saturated heterocycles. The van der Waals surface area contributed by atoms with Gasteiger partial charge in [-0.2, -0.15) is 0 Å². The summed E-state index contributed by atoms with van der Waals surface area (Å²) in [6, 6.07) is 11.0. The Morgan fingerprint density at radius 1 is 1.12 bits per heavy atom. The zero-order chi connectivity index (χ0) is 18.4. The molecule has 1 fully saturated rings. The maximum absolute atomic E-state index is 12.2. The van der Waals surface area contributed by atoms with Gasteiger partial charge in [-0.25, -0.2) is 0 Å². The summed E-state index contributed by atoms with van der Waals surface area (Å²) >= 11 is 5.95. The van der Waals surface area contributed by atoms with Crippen molar-refractivity contribution in [3.63, 3.8) is 0 Å². The van der Waals surface area contributed by atoms with Gasteiger partial charge in [0.25, 0.3) is 5.91 Å². The van der Waals surface area contributed by atoms with Crippen molar-refractivity contribution in [2.24, 2.45) is 0 Å².